The van der Waals surface area contributed by atoms with E-state index in [4.69, 9.17) is 14.3 Å². The third kappa shape index (κ3) is 2.34. The summed E-state index contributed by atoms with van der Waals surface area (Å²) in [4.78, 5) is 15.9. The summed E-state index contributed by atoms with van der Waals surface area (Å²) in [6.07, 6.45) is 2.97. The molecule has 0 radical (unpaired) electrons. The maximum atomic E-state index is 11.8. The summed E-state index contributed by atoms with van der Waals surface area (Å²) in [7, 11) is 0. The Balaban J connectivity index is 2.12. The van der Waals surface area contributed by atoms with Gasteiger partial charge in [-0.2, -0.15) is 0 Å². The number of carbonyl (C=O) groups excluding carboxylic acids is 1. The molecule has 1 aromatic heterocycles. The lowest BCUT2D eigenvalue weighted by atomic mass is 9.97. The SMILES string of the molecule is CC(C)(C)C(=O)OC1(c2coc(CO)n2)CC1. The van der Waals surface area contributed by atoms with Gasteiger partial charge < -0.3 is 14.3 Å². The number of aliphatic hydroxyl groups is 1. The van der Waals surface area contributed by atoms with Crippen molar-refractivity contribution in [1.29, 1.82) is 0 Å². The van der Waals surface area contributed by atoms with Crippen LogP contribution in [0.5, 0.6) is 0 Å². The number of rotatable bonds is 3. The highest BCUT2D eigenvalue weighted by Crippen LogP contribution is 2.49. The topological polar surface area (TPSA) is 72.6 Å². The minimum atomic E-state index is -0.624. The molecule has 5 heteroatoms. The fourth-order valence-electron chi connectivity index (χ4n) is 1.45. The zero-order valence-corrected chi connectivity index (χ0v) is 10.3. The molecule has 17 heavy (non-hydrogen) atoms. The third-order valence-electron chi connectivity index (χ3n) is 2.76. The number of hydrogen-bond acceptors (Lipinski definition) is 5. The van der Waals surface area contributed by atoms with Crippen molar-refractivity contribution in [2.75, 3.05) is 0 Å². The standard InChI is InChI=1S/C12H17NO4/c1-11(2,3)10(15)17-12(4-5-12)8-7-16-9(6-14)13-8/h7,14H,4-6H2,1-3H3. The number of hydrogen-bond donors (Lipinski definition) is 1. The summed E-state index contributed by atoms with van der Waals surface area (Å²) in [5.41, 5.74) is -0.556. The largest absolute Gasteiger partial charge is 0.452 e. The van der Waals surface area contributed by atoms with E-state index < -0.39 is 11.0 Å². The molecule has 1 N–H and O–H groups in total. The Morgan fingerprint density at radius 1 is 1.59 bits per heavy atom. The van der Waals surface area contributed by atoms with Gasteiger partial charge in [-0.1, -0.05) is 0 Å². The summed E-state index contributed by atoms with van der Waals surface area (Å²) >= 11 is 0. The van der Waals surface area contributed by atoms with Crippen molar-refractivity contribution in [3.8, 4) is 0 Å². The molecule has 1 aromatic rings. The highest BCUT2D eigenvalue weighted by atomic mass is 16.6. The molecule has 0 aliphatic heterocycles. The Labute approximate surface area is 99.8 Å². The summed E-state index contributed by atoms with van der Waals surface area (Å²) in [6.45, 7) is 5.19. The normalized spacial score (nSPS) is 17.9. The van der Waals surface area contributed by atoms with Crippen LogP contribution in [0.2, 0.25) is 0 Å². The van der Waals surface area contributed by atoms with Crippen LogP contribution in [0.25, 0.3) is 0 Å². The first-order valence-electron chi connectivity index (χ1n) is 5.66. The van der Waals surface area contributed by atoms with Gasteiger partial charge in [-0.15, -0.1) is 0 Å². The maximum Gasteiger partial charge on any atom is 0.312 e. The van der Waals surface area contributed by atoms with Gasteiger partial charge in [0, 0.05) is 0 Å². The molecular formula is C12H17NO4. The summed E-state index contributed by atoms with van der Waals surface area (Å²) in [6, 6.07) is 0. The molecule has 0 amide bonds. The molecule has 5 nitrogen and oxygen atoms in total. The van der Waals surface area contributed by atoms with E-state index in [0.29, 0.717) is 5.69 Å². The van der Waals surface area contributed by atoms with Crippen LogP contribution in [0.15, 0.2) is 10.7 Å². The van der Waals surface area contributed by atoms with Crippen molar-refractivity contribution in [2.45, 2.75) is 45.8 Å². The zero-order chi connectivity index (χ0) is 12.7. The van der Waals surface area contributed by atoms with Crippen molar-refractivity contribution < 1.29 is 19.1 Å². The first-order valence-corrected chi connectivity index (χ1v) is 5.66. The van der Waals surface area contributed by atoms with Gasteiger partial charge >= 0.3 is 5.97 Å². The Hall–Kier alpha value is -1.36. The average molecular weight is 239 g/mol. The first kappa shape index (κ1) is 12.1. The third-order valence-corrected chi connectivity index (χ3v) is 2.76. The second-order valence-corrected chi connectivity index (χ2v) is 5.42. The van der Waals surface area contributed by atoms with Gasteiger partial charge in [0.1, 0.15) is 18.6 Å². The van der Waals surface area contributed by atoms with E-state index in [1.807, 2.05) is 20.8 Å². The van der Waals surface area contributed by atoms with E-state index in [1.54, 1.807) is 0 Å². The van der Waals surface area contributed by atoms with Gasteiger partial charge in [-0.05, 0) is 33.6 Å². The van der Waals surface area contributed by atoms with Gasteiger partial charge in [0.05, 0.1) is 5.41 Å². The van der Waals surface area contributed by atoms with Crippen molar-refractivity contribution in [3.05, 3.63) is 17.8 Å². The average Bonchev–Trinajstić information content (AvgIpc) is 2.86. The molecule has 1 aliphatic carbocycles. The lowest BCUT2D eigenvalue weighted by Crippen LogP contribution is -2.28. The van der Waals surface area contributed by atoms with Crippen LogP contribution in [0.3, 0.4) is 0 Å². The molecule has 94 valence electrons. The molecule has 0 atom stereocenters. The van der Waals surface area contributed by atoms with Crippen molar-refractivity contribution in [3.63, 3.8) is 0 Å². The van der Waals surface area contributed by atoms with Crippen LogP contribution >= 0.6 is 0 Å². The van der Waals surface area contributed by atoms with Gasteiger partial charge in [-0.3, -0.25) is 4.79 Å². The second-order valence-electron chi connectivity index (χ2n) is 5.42. The maximum absolute atomic E-state index is 11.8. The number of nitrogens with zero attached hydrogens (tertiary/aromatic N) is 1. The fraction of sp³-hybridized carbons (Fsp3) is 0.667. The summed E-state index contributed by atoms with van der Waals surface area (Å²) in [5, 5.41) is 8.88. The molecule has 0 aromatic carbocycles. The zero-order valence-electron chi connectivity index (χ0n) is 10.3. The molecule has 1 saturated carbocycles. The molecule has 1 heterocycles. The minimum absolute atomic E-state index is 0.247. The molecule has 0 unspecified atom stereocenters. The van der Waals surface area contributed by atoms with E-state index in [-0.39, 0.29) is 18.5 Å². The van der Waals surface area contributed by atoms with Crippen LogP contribution in [-0.4, -0.2) is 16.1 Å². The highest BCUT2D eigenvalue weighted by molar-refractivity contribution is 5.76. The van der Waals surface area contributed by atoms with Crippen LogP contribution < -0.4 is 0 Å². The van der Waals surface area contributed by atoms with Gasteiger partial charge in [0.2, 0.25) is 5.89 Å². The summed E-state index contributed by atoms with van der Waals surface area (Å²) < 4.78 is 10.6. The van der Waals surface area contributed by atoms with Crippen LogP contribution in [0, 0.1) is 5.41 Å². The number of oxazole rings is 1. The lowest BCUT2D eigenvalue weighted by molar-refractivity contribution is -0.161. The Bertz CT molecular complexity index is 426. The smallest absolute Gasteiger partial charge is 0.312 e. The van der Waals surface area contributed by atoms with Crippen LogP contribution in [0.1, 0.15) is 45.2 Å². The molecule has 2 rings (SSSR count). The van der Waals surface area contributed by atoms with E-state index in [9.17, 15) is 4.79 Å². The van der Waals surface area contributed by atoms with E-state index in [2.05, 4.69) is 4.98 Å². The number of aromatic nitrogens is 1. The van der Waals surface area contributed by atoms with Gasteiger partial charge in [0.15, 0.2) is 5.60 Å². The van der Waals surface area contributed by atoms with Crippen LogP contribution in [0.4, 0.5) is 0 Å². The van der Waals surface area contributed by atoms with Gasteiger partial charge in [0.25, 0.3) is 0 Å². The van der Waals surface area contributed by atoms with Crippen molar-refractivity contribution >= 4 is 5.97 Å². The van der Waals surface area contributed by atoms with Gasteiger partial charge in [-0.25, -0.2) is 4.98 Å². The number of aliphatic hydroxyl groups excluding tert-OH is 1. The van der Waals surface area contributed by atoms with Crippen molar-refractivity contribution in [1.82, 2.24) is 4.98 Å². The van der Waals surface area contributed by atoms with E-state index in [0.717, 1.165) is 12.8 Å². The second kappa shape index (κ2) is 3.84. The Morgan fingerprint density at radius 2 is 2.24 bits per heavy atom. The van der Waals surface area contributed by atoms with Crippen molar-refractivity contribution in [2.24, 2.45) is 5.41 Å². The lowest BCUT2D eigenvalue weighted by Gasteiger charge is -2.21. The molecule has 1 fully saturated rings. The predicted octanol–water partition coefficient (Wildman–Crippen LogP) is 1.75. The molecular weight excluding hydrogens is 222 g/mol. The fourth-order valence-corrected chi connectivity index (χ4v) is 1.45. The Kier molecular flexibility index (Phi) is 2.73. The molecule has 1 aliphatic rings. The summed E-state index contributed by atoms with van der Waals surface area (Å²) in [5.74, 6) is 0.00151. The highest BCUT2D eigenvalue weighted by Gasteiger charge is 2.52. The predicted molar refractivity (Wildman–Crippen MR) is 58.9 cm³/mol. The Morgan fingerprint density at radius 3 is 2.65 bits per heavy atom. The minimum Gasteiger partial charge on any atom is -0.452 e. The quantitative estimate of drug-likeness (QED) is 0.813. The number of esters is 1. The molecule has 0 saturated heterocycles. The molecule has 0 spiro atoms. The van der Waals surface area contributed by atoms with E-state index >= 15 is 0 Å². The van der Waals surface area contributed by atoms with Crippen LogP contribution in [-0.2, 0) is 21.7 Å². The monoisotopic (exact) mass is 239 g/mol. The molecule has 0 bridgehead atoms. The first-order chi connectivity index (χ1) is 7.87. The van der Waals surface area contributed by atoms with E-state index in [1.165, 1.54) is 6.26 Å². The number of ether oxygens (including phenoxy) is 1. The number of carbonyl (C=O) groups is 1.